The molecule has 0 aliphatic rings. The summed E-state index contributed by atoms with van der Waals surface area (Å²) in [6, 6.07) is 0. The molecule has 60 valence electrons. The third-order valence-corrected chi connectivity index (χ3v) is 2.33. The second-order valence-electron chi connectivity index (χ2n) is 2.14. The van der Waals surface area contributed by atoms with E-state index in [0.717, 1.165) is 5.56 Å². The second-order valence-corrected chi connectivity index (χ2v) is 3.58. The number of pyridine rings is 1. The predicted octanol–water partition coefficient (Wildman–Crippen LogP) is 3.69. The standard InChI is InChI=1S/C7H6Cl3N/c1-4(8)5-2-11-3-6(9)7(5)10/h2-4H,1H3. The largest absolute Gasteiger partial charge is 0.263 e. The predicted molar refractivity (Wildman–Crippen MR) is 48.5 cm³/mol. The van der Waals surface area contributed by atoms with Crippen LogP contribution < -0.4 is 0 Å². The van der Waals surface area contributed by atoms with Crippen molar-refractivity contribution in [3.63, 3.8) is 0 Å². The SMILES string of the molecule is CC(Cl)c1cncc(Cl)c1Cl. The highest BCUT2D eigenvalue weighted by molar-refractivity contribution is 6.42. The average molecular weight is 210 g/mol. The molecule has 0 saturated heterocycles. The summed E-state index contributed by atoms with van der Waals surface area (Å²) >= 11 is 17.3. The molecule has 0 aliphatic heterocycles. The van der Waals surface area contributed by atoms with Gasteiger partial charge in [-0.25, -0.2) is 0 Å². The summed E-state index contributed by atoms with van der Waals surface area (Å²) in [4.78, 5) is 3.87. The zero-order valence-electron chi connectivity index (χ0n) is 5.81. The van der Waals surface area contributed by atoms with E-state index in [1.165, 1.54) is 6.20 Å². The highest BCUT2D eigenvalue weighted by Gasteiger charge is 2.09. The molecule has 0 N–H and O–H groups in total. The monoisotopic (exact) mass is 209 g/mol. The third kappa shape index (κ3) is 1.98. The Balaban J connectivity index is 3.17. The third-order valence-electron chi connectivity index (χ3n) is 1.29. The van der Waals surface area contributed by atoms with Crippen LogP contribution in [-0.2, 0) is 0 Å². The van der Waals surface area contributed by atoms with E-state index in [1.54, 1.807) is 6.20 Å². The van der Waals surface area contributed by atoms with Gasteiger partial charge in [0.25, 0.3) is 0 Å². The van der Waals surface area contributed by atoms with Crippen LogP contribution in [0.2, 0.25) is 10.0 Å². The molecule has 1 aromatic heterocycles. The fourth-order valence-electron chi connectivity index (χ4n) is 0.712. The fraction of sp³-hybridized carbons (Fsp3) is 0.286. The molecule has 0 radical (unpaired) electrons. The van der Waals surface area contributed by atoms with Crippen molar-refractivity contribution in [3.8, 4) is 0 Å². The molecule has 1 heterocycles. The highest BCUT2D eigenvalue weighted by atomic mass is 35.5. The van der Waals surface area contributed by atoms with Gasteiger partial charge in [0.2, 0.25) is 0 Å². The molecular weight excluding hydrogens is 204 g/mol. The minimum absolute atomic E-state index is 0.159. The second kappa shape index (κ2) is 3.61. The first-order valence-corrected chi connectivity index (χ1v) is 4.25. The molecule has 1 unspecified atom stereocenters. The van der Waals surface area contributed by atoms with E-state index in [0.29, 0.717) is 10.0 Å². The van der Waals surface area contributed by atoms with Gasteiger partial charge in [0.1, 0.15) is 0 Å². The van der Waals surface area contributed by atoms with Crippen LogP contribution in [0.15, 0.2) is 12.4 Å². The zero-order valence-corrected chi connectivity index (χ0v) is 8.08. The van der Waals surface area contributed by atoms with Gasteiger partial charge < -0.3 is 0 Å². The summed E-state index contributed by atoms with van der Waals surface area (Å²) in [7, 11) is 0. The van der Waals surface area contributed by atoms with Crippen LogP contribution >= 0.6 is 34.8 Å². The summed E-state index contributed by atoms with van der Waals surface area (Å²) in [5.41, 5.74) is 0.765. The van der Waals surface area contributed by atoms with Gasteiger partial charge in [-0.05, 0) is 6.92 Å². The lowest BCUT2D eigenvalue weighted by atomic mass is 10.2. The molecule has 1 rings (SSSR count). The zero-order chi connectivity index (χ0) is 8.43. The van der Waals surface area contributed by atoms with Gasteiger partial charge >= 0.3 is 0 Å². The van der Waals surface area contributed by atoms with Crippen LogP contribution in [0.3, 0.4) is 0 Å². The summed E-state index contributed by atoms with van der Waals surface area (Å²) in [5, 5.41) is 0.773. The summed E-state index contributed by atoms with van der Waals surface area (Å²) in [5.74, 6) is 0. The molecule has 0 spiro atoms. The van der Waals surface area contributed by atoms with E-state index >= 15 is 0 Å². The Bertz CT molecular complexity index is 260. The van der Waals surface area contributed by atoms with Crippen molar-refractivity contribution in [2.24, 2.45) is 0 Å². The molecule has 0 aliphatic carbocycles. The highest BCUT2D eigenvalue weighted by Crippen LogP contribution is 2.31. The molecule has 0 saturated carbocycles. The molecule has 0 aromatic carbocycles. The van der Waals surface area contributed by atoms with Gasteiger partial charge in [0.15, 0.2) is 0 Å². The van der Waals surface area contributed by atoms with Crippen molar-refractivity contribution in [2.45, 2.75) is 12.3 Å². The number of nitrogens with zero attached hydrogens (tertiary/aromatic N) is 1. The van der Waals surface area contributed by atoms with Crippen LogP contribution in [0.25, 0.3) is 0 Å². The molecule has 1 aromatic rings. The molecule has 1 atom stereocenters. The summed E-state index contributed by atoms with van der Waals surface area (Å²) in [6.45, 7) is 1.82. The average Bonchev–Trinajstić information content (AvgIpc) is 1.94. The van der Waals surface area contributed by atoms with E-state index in [1.807, 2.05) is 6.92 Å². The van der Waals surface area contributed by atoms with Gasteiger partial charge in [-0.3, -0.25) is 4.98 Å². The Morgan fingerprint density at radius 3 is 2.45 bits per heavy atom. The topological polar surface area (TPSA) is 12.9 Å². The number of halogens is 3. The van der Waals surface area contributed by atoms with Gasteiger partial charge in [0.05, 0.1) is 15.4 Å². The summed E-state index contributed by atoms with van der Waals surface area (Å²) < 4.78 is 0. The number of alkyl halides is 1. The molecule has 0 amide bonds. The van der Waals surface area contributed by atoms with Crippen LogP contribution in [0.4, 0.5) is 0 Å². The first kappa shape index (κ1) is 9.11. The van der Waals surface area contributed by atoms with Crippen LogP contribution in [0.5, 0.6) is 0 Å². The lowest BCUT2D eigenvalue weighted by Crippen LogP contribution is -1.88. The molecule has 0 fully saturated rings. The van der Waals surface area contributed by atoms with E-state index in [4.69, 9.17) is 34.8 Å². The number of hydrogen-bond donors (Lipinski definition) is 0. The van der Waals surface area contributed by atoms with E-state index < -0.39 is 0 Å². The van der Waals surface area contributed by atoms with E-state index in [2.05, 4.69) is 4.98 Å². The lowest BCUT2D eigenvalue weighted by Gasteiger charge is -2.05. The maximum Gasteiger partial charge on any atom is 0.0778 e. The Morgan fingerprint density at radius 1 is 1.36 bits per heavy atom. The maximum atomic E-state index is 5.83. The first-order chi connectivity index (χ1) is 5.13. The van der Waals surface area contributed by atoms with Crippen LogP contribution in [0.1, 0.15) is 17.9 Å². The van der Waals surface area contributed by atoms with Crippen molar-refractivity contribution >= 4 is 34.8 Å². The smallest absolute Gasteiger partial charge is 0.0778 e. The number of aromatic nitrogens is 1. The maximum absolute atomic E-state index is 5.83. The Hall–Kier alpha value is 0.0200. The minimum Gasteiger partial charge on any atom is -0.263 e. The quantitative estimate of drug-likeness (QED) is 0.644. The normalized spacial score (nSPS) is 13.1. The fourth-order valence-corrected chi connectivity index (χ4v) is 1.36. The van der Waals surface area contributed by atoms with Crippen molar-refractivity contribution in [3.05, 3.63) is 28.0 Å². The first-order valence-electron chi connectivity index (χ1n) is 3.06. The Labute approximate surface area is 80.3 Å². The number of rotatable bonds is 1. The van der Waals surface area contributed by atoms with Gasteiger partial charge in [-0.2, -0.15) is 0 Å². The van der Waals surface area contributed by atoms with Crippen LogP contribution in [-0.4, -0.2) is 4.98 Å². The van der Waals surface area contributed by atoms with Crippen molar-refractivity contribution in [1.82, 2.24) is 4.98 Å². The Kier molecular flexibility index (Phi) is 2.99. The van der Waals surface area contributed by atoms with Crippen molar-refractivity contribution in [1.29, 1.82) is 0 Å². The summed E-state index contributed by atoms with van der Waals surface area (Å²) in [6.07, 6.45) is 3.11. The Morgan fingerprint density at radius 2 is 2.00 bits per heavy atom. The molecule has 0 bridgehead atoms. The van der Waals surface area contributed by atoms with Crippen LogP contribution in [0, 0.1) is 0 Å². The van der Waals surface area contributed by atoms with Crippen molar-refractivity contribution in [2.75, 3.05) is 0 Å². The molecule has 11 heavy (non-hydrogen) atoms. The van der Waals surface area contributed by atoms with Gasteiger partial charge in [-0.1, -0.05) is 23.2 Å². The van der Waals surface area contributed by atoms with E-state index in [9.17, 15) is 0 Å². The number of hydrogen-bond acceptors (Lipinski definition) is 1. The van der Waals surface area contributed by atoms with Gasteiger partial charge in [0, 0.05) is 18.0 Å². The minimum atomic E-state index is -0.159. The molecule has 1 nitrogen and oxygen atoms in total. The van der Waals surface area contributed by atoms with E-state index in [-0.39, 0.29) is 5.38 Å². The molecule has 4 heteroatoms. The lowest BCUT2D eigenvalue weighted by molar-refractivity contribution is 1.06. The van der Waals surface area contributed by atoms with Gasteiger partial charge in [-0.15, -0.1) is 11.6 Å². The van der Waals surface area contributed by atoms with Crippen molar-refractivity contribution < 1.29 is 0 Å². The molecular formula is C7H6Cl3N.